The molecule has 3 aromatic rings. The SMILES string of the molecule is CC[PH+](CC)c1ccccc1.[Au+].[S-]c1nc2ccccc2[nH]1. The molecule has 0 saturated carbocycles. The van der Waals surface area contributed by atoms with Gasteiger partial charge >= 0.3 is 22.4 Å². The fourth-order valence-corrected chi connectivity index (χ4v) is 4.45. The van der Waals surface area contributed by atoms with Gasteiger partial charge in [0, 0.05) is 7.92 Å². The van der Waals surface area contributed by atoms with E-state index in [1.807, 2.05) is 24.3 Å². The summed E-state index contributed by atoms with van der Waals surface area (Å²) in [6.07, 6.45) is 2.70. The number of aromatic nitrogens is 2. The second-order valence-corrected chi connectivity index (χ2v) is 8.32. The van der Waals surface area contributed by atoms with Crippen LogP contribution in [0.5, 0.6) is 0 Å². The molecule has 0 aliphatic heterocycles. The van der Waals surface area contributed by atoms with E-state index in [4.69, 9.17) is 12.6 Å². The van der Waals surface area contributed by atoms with Crippen LogP contribution in [0.3, 0.4) is 0 Å². The smallest absolute Gasteiger partial charge is 0.742 e. The van der Waals surface area contributed by atoms with Crippen LogP contribution >= 0.6 is 7.92 Å². The van der Waals surface area contributed by atoms with E-state index >= 15 is 0 Å². The maximum atomic E-state index is 4.85. The molecular weight excluding hydrogens is 492 g/mol. The molecule has 5 heteroatoms. The van der Waals surface area contributed by atoms with Gasteiger partial charge in [-0.1, -0.05) is 30.3 Å². The average molecular weight is 513 g/mol. The van der Waals surface area contributed by atoms with Crippen molar-refractivity contribution in [1.29, 1.82) is 0 Å². The van der Waals surface area contributed by atoms with Crippen LogP contribution in [0.15, 0.2) is 59.8 Å². The van der Waals surface area contributed by atoms with E-state index in [-0.39, 0.29) is 30.3 Å². The van der Waals surface area contributed by atoms with Gasteiger partial charge in [-0.25, -0.2) is 0 Å². The molecule has 0 radical (unpaired) electrons. The molecule has 0 aliphatic carbocycles. The van der Waals surface area contributed by atoms with E-state index in [2.05, 4.69) is 54.1 Å². The minimum absolute atomic E-state index is 0. The van der Waals surface area contributed by atoms with Crippen molar-refractivity contribution in [2.24, 2.45) is 0 Å². The number of fused-ring (bicyclic) bond motifs is 1. The van der Waals surface area contributed by atoms with Gasteiger partial charge in [-0.2, -0.15) is 0 Å². The Bertz CT molecular complexity index is 635. The maximum Gasteiger partial charge on any atom is 1.00 e. The van der Waals surface area contributed by atoms with Crippen LogP contribution in [0.2, 0.25) is 0 Å². The molecule has 1 N–H and O–H groups in total. The number of nitrogens with zero attached hydrogens (tertiary/aromatic N) is 1. The van der Waals surface area contributed by atoms with E-state index in [0.717, 1.165) is 11.0 Å². The van der Waals surface area contributed by atoms with Crippen LogP contribution in [0.1, 0.15) is 13.8 Å². The van der Waals surface area contributed by atoms with Crippen LogP contribution in [0.25, 0.3) is 11.0 Å². The number of nitrogens with one attached hydrogen (secondary N) is 1. The number of H-pyrrole nitrogens is 1. The number of imidazole rings is 1. The van der Waals surface area contributed by atoms with E-state index in [1.165, 1.54) is 12.3 Å². The Morgan fingerprint density at radius 3 is 2.14 bits per heavy atom. The normalized spacial score (nSPS) is 9.95. The molecule has 0 saturated heterocycles. The van der Waals surface area contributed by atoms with Gasteiger partial charge in [0.25, 0.3) is 0 Å². The van der Waals surface area contributed by atoms with Crippen molar-refractivity contribution in [1.82, 2.24) is 9.97 Å². The van der Waals surface area contributed by atoms with Crippen LogP contribution in [-0.2, 0) is 35.0 Å². The number of aromatic amines is 1. The summed E-state index contributed by atoms with van der Waals surface area (Å²) in [5.41, 5.74) is 1.94. The fraction of sp³-hybridized carbons (Fsp3) is 0.235. The van der Waals surface area contributed by atoms with Crippen molar-refractivity contribution in [2.75, 3.05) is 12.3 Å². The average Bonchev–Trinajstić information content (AvgIpc) is 2.90. The molecule has 0 spiro atoms. The number of benzene rings is 2. The first-order chi connectivity index (χ1) is 10.2. The van der Waals surface area contributed by atoms with Gasteiger partial charge in [0.05, 0.1) is 28.7 Å². The van der Waals surface area contributed by atoms with Gasteiger partial charge in [-0.05, 0) is 43.3 Å². The summed E-state index contributed by atoms with van der Waals surface area (Å²) in [4.78, 5) is 7.03. The molecule has 120 valence electrons. The van der Waals surface area contributed by atoms with Crippen LogP contribution in [0.4, 0.5) is 0 Å². The Morgan fingerprint density at radius 2 is 1.55 bits per heavy atom. The molecule has 0 amide bonds. The third kappa shape index (κ3) is 5.49. The monoisotopic (exact) mass is 513 g/mol. The predicted octanol–water partition coefficient (Wildman–Crippen LogP) is 4.03. The van der Waals surface area contributed by atoms with E-state index < -0.39 is 0 Å². The molecule has 3 rings (SSSR count). The Labute approximate surface area is 154 Å². The maximum absolute atomic E-state index is 4.85. The van der Waals surface area contributed by atoms with Crippen LogP contribution in [0, 0.1) is 0 Å². The molecule has 0 bridgehead atoms. The van der Waals surface area contributed by atoms with Crippen molar-refractivity contribution in [3.63, 3.8) is 0 Å². The van der Waals surface area contributed by atoms with E-state index in [1.54, 1.807) is 5.30 Å². The van der Waals surface area contributed by atoms with E-state index in [0.29, 0.717) is 5.16 Å². The Kier molecular flexibility index (Phi) is 8.92. The van der Waals surface area contributed by atoms with Crippen molar-refractivity contribution >= 4 is 36.9 Å². The zero-order valence-corrected chi connectivity index (χ0v) is 16.8. The number of hydrogen-bond acceptors (Lipinski definition) is 2. The van der Waals surface area contributed by atoms with Crippen LogP contribution in [-0.4, -0.2) is 22.3 Å². The summed E-state index contributed by atoms with van der Waals surface area (Å²) >= 11 is 4.85. The zero-order valence-electron chi connectivity index (χ0n) is 12.8. The number of para-hydroxylation sites is 2. The zero-order chi connectivity index (χ0) is 15.1. The molecule has 0 fully saturated rings. The largest absolute Gasteiger partial charge is 1.00 e. The predicted molar refractivity (Wildman–Crippen MR) is 97.2 cm³/mol. The van der Waals surface area contributed by atoms with Crippen LogP contribution < -0.4 is 5.30 Å². The second-order valence-electron chi connectivity index (χ2n) is 4.74. The first-order valence-electron chi connectivity index (χ1n) is 7.26. The summed E-state index contributed by atoms with van der Waals surface area (Å²) < 4.78 is 0. The van der Waals surface area contributed by atoms with Gasteiger partial charge in [0.1, 0.15) is 0 Å². The third-order valence-corrected chi connectivity index (χ3v) is 6.45. The van der Waals surface area contributed by atoms with Crippen molar-refractivity contribution in [3.05, 3.63) is 54.6 Å². The Balaban J connectivity index is 0.000000211. The third-order valence-electron chi connectivity index (χ3n) is 3.40. The minimum atomic E-state index is -0.201. The van der Waals surface area contributed by atoms with Gasteiger partial charge in [-0.3, -0.25) is 4.98 Å². The molecule has 1 aromatic heterocycles. The molecule has 1 heterocycles. The summed E-state index contributed by atoms with van der Waals surface area (Å²) in [6, 6.07) is 18.7. The number of rotatable bonds is 3. The molecule has 2 aromatic carbocycles. The first kappa shape index (κ1) is 19.3. The second kappa shape index (κ2) is 10.1. The van der Waals surface area contributed by atoms with Crippen molar-refractivity contribution < 1.29 is 22.4 Å². The Hall–Kier alpha value is -0.700. The van der Waals surface area contributed by atoms with Gasteiger partial charge in [0.15, 0.2) is 0 Å². The quantitative estimate of drug-likeness (QED) is 0.326. The summed E-state index contributed by atoms with van der Waals surface area (Å²) in [7, 11) is -0.201. The van der Waals surface area contributed by atoms with E-state index in [9.17, 15) is 0 Å². The van der Waals surface area contributed by atoms with Gasteiger partial charge < -0.3 is 17.6 Å². The minimum Gasteiger partial charge on any atom is -0.742 e. The summed E-state index contributed by atoms with van der Waals surface area (Å²) in [6.45, 7) is 4.59. The van der Waals surface area contributed by atoms with Gasteiger partial charge in [0.2, 0.25) is 0 Å². The molecule has 0 atom stereocenters. The molecule has 0 aliphatic rings. The first-order valence-corrected chi connectivity index (χ1v) is 9.58. The summed E-state index contributed by atoms with van der Waals surface area (Å²) in [5, 5.41) is 2.14. The van der Waals surface area contributed by atoms with Crippen molar-refractivity contribution in [3.8, 4) is 0 Å². The topological polar surface area (TPSA) is 28.7 Å². The number of hydrogen-bond donors (Lipinski definition) is 1. The fourth-order valence-electron chi connectivity index (χ4n) is 2.26. The molecule has 2 nitrogen and oxygen atoms in total. The molecular formula is C17H21AuN2PS+. The summed E-state index contributed by atoms with van der Waals surface area (Å²) in [5.74, 6) is 0. The van der Waals surface area contributed by atoms with Gasteiger partial charge in [-0.15, -0.1) is 0 Å². The molecule has 0 unspecified atom stereocenters. The Morgan fingerprint density at radius 1 is 0.955 bits per heavy atom. The standard InChI is InChI=1S/C10H15P.C7H6N2S.Au/c1-3-11(4-2)10-8-6-5-7-9-10;10-7-8-5-3-1-2-4-6(5)9-7;/h5-9H,3-4H2,1-2H3;1-4H,(H2,8,9,10);/q;;+1. The molecule has 22 heavy (non-hydrogen) atoms. The van der Waals surface area contributed by atoms with Crippen molar-refractivity contribution in [2.45, 2.75) is 19.0 Å².